The van der Waals surface area contributed by atoms with Crippen molar-refractivity contribution in [3.05, 3.63) is 41.5 Å². The highest BCUT2D eigenvalue weighted by atomic mass is 14.7. The number of rotatable bonds is 3. The molecule has 0 atom stereocenters. The Hall–Kier alpha value is -1.51. The summed E-state index contributed by atoms with van der Waals surface area (Å²) < 4.78 is 0. The van der Waals surface area contributed by atoms with Crippen LogP contribution < -0.4 is 11.5 Å². The van der Waals surface area contributed by atoms with Gasteiger partial charge in [0.2, 0.25) is 0 Å². The molecule has 13 heavy (non-hydrogen) atoms. The number of allylic oxidation sites excluding steroid dienone is 1. The Morgan fingerprint density at radius 2 is 2.31 bits per heavy atom. The van der Waals surface area contributed by atoms with Gasteiger partial charge in [-0.2, -0.15) is 0 Å². The monoisotopic (exact) mass is 177 g/mol. The SMILES string of the molecule is CCc1ccc(CC(N)=CN)nc1. The van der Waals surface area contributed by atoms with E-state index in [0.29, 0.717) is 12.1 Å². The maximum Gasteiger partial charge on any atom is 0.0462 e. The second-order valence-corrected chi connectivity index (χ2v) is 2.93. The first-order valence-electron chi connectivity index (χ1n) is 4.36. The van der Waals surface area contributed by atoms with Gasteiger partial charge in [-0.1, -0.05) is 13.0 Å². The average molecular weight is 177 g/mol. The molecule has 3 heteroatoms. The average Bonchev–Trinajstić information content (AvgIpc) is 2.19. The van der Waals surface area contributed by atoms with E-state index < -0.39 is 0 Å². The van der Waals surface area contributed by atoms with Crippen LogP contribution in [-0.2, 0) is 12.8 Å². The molecule has 0 aliphatic rings. The highest BCUT2D eigenvalue weighted by Gasteiger charge is 1.96. The van der Waals surface area contributed by atoms with Crippen LogP contribution in [0.4, 0.5) is 0 Å². The molecule has 0 saturated heterocycles. The van der Waals surface area contributed by atoms with E-state index in [1.807, 2.05) is 12.3 Å². The van der Waals surface area contributed by atoms with Crippen LogP contribution >= 0.6 is 0 Å². The number of nitrogens with two attached hydrogens (primary N) is 2. The third kappa shape index (κ3) is 2.78. The van der Waals surface area contributed by atoms with E-state index >= 15 is 0 Å². The van der Waals surface area contributed by atoms with Gasteiger partial charge in [-0.25, -0.2) is 0 Å². The minimum absolute atomic E-state index is 0.625. The van der Waals surface area contributed by atoms with Crippen LogP contribution in [0, 0.1) is 0 Å². The van der Waals surface area contributed by atoms with Gasteiger partial charge in [0, 0.05) is 30.2 Å². The molecule has 4 N–H and O–H groups in total. The van der Waals surface area contributed by atoms with E-state index in [9.17, 15) is 0 Å². The molecule has 1 aromatic rings. The van der Waals surface area contributed by atoms with Gasteiger partial charge in [0.25, 0.3) is 0 Å². The van der Waals surface area contributed by atoms with Crippen molar-refractivity contribution in [1.29, 1.82) is 0 Å². The predicted octanol–water partition coefficient (Wildman–Crippen LogP) is 0.945. The van der Waals surface area contributed by atoms with Gasteiger partial charge in [0.1, 0.15) is 0 Å². The Morgan fingerprint density at radius 1 is 1.54 bits per heavy atom. The second-order valence-electron chi connectivity index (χ2n) is 2.93. The summed E-state index contributed by atoms with van der Waals surface area (Å²) in [6.07, 6.45) is 4.92. The Bertz CT molecular complexity index is 288. The zero-order valence-electron chi connectivity index (χ0n) is 7.83. The van der Waals surface area contributed by atoms with Gasteiger partial charge >= 0.3 is 0 Å². The summed E-state index contributed by atoms with van der Waals surface area (Å²) in [4.78, 5) is 4.26. The van der Waals surface area contributed by atoms with Gasteiger partial charge in [0.15, 0.2) is 0 Å². The molecule has 0 bridgehead atoms. The Morgan fingerprint density at radius 3 is 2.77 bits per heavy atom. The minimum atomic E-state index is 0.625. The summed E-state index contributed by atoms with van der Waals surface area (Å²) in [6.45, 7) is 2.10. The van der Waals surface area contributed by atoms with Crippen molar-refractivity contribution >= 4 is 0 Å². The Kier molecular flexibility index (Phi) is 3.31. The summed E-state index contributed by atoms with van der Waals surface area (Å²) >= 11 is 0. The molecule has 1 rings (SSSR count). The fourth-order valence-electron chi connectivity index (χ4n) is 1.04. The molecule has 0 aliphatic heterocycles. The summed E-state index contributed by atoms with van der Waals surface area (Å²) in [5.74, 6) is 0. The van der Waals surface area contributed by atoms with Gasteiger partial charge in [-0.05, 0) is 18.1 Å². The van der Waals surface area contributed by atoms with E-state index in [4.69, 9.17) is 11.5 Å². The number of aromatic nitrogens is 1. The van der Waals surface area contributed by atoms with Crippen molar-refractivity contribution in [1.82, 2.24) is 4.98 Å². The number of nitrogens with zero attached hydrogens (tertiary/aromatic N) is 1. The largest absolute Gasteiger partial charge is 0.403 e. The molecule has 0 aromatic carbocycles. The highest BCUT2D eigenvalue weighted by molar-refractivity contribution is 5.17. The third-order valence-corrected chi connectivity index (χ3v) is 1.89. The molecule has 0 radical (unpaired) electrons. The standard InChI is InChI=1S/C10H15N3/c1-2-8-3-4-10(13-7-8)5-9(12)6-11/h3-4,6-7H,2,5,11-12H2,1H3. The molecular weight excluding hydrogens is 162 g/mol. The molecule has 0 fully saturated rings. The second kappa shape index (κ2) is 4.50. The molecule has 0 aliphatic carbocycles. The topological polar surface area (TPSA) is 64.9 Å². The number of aryl methyl sites for hydroxylation is 1. The molecule has 0 amide bonds. The Labute approximate surface area is 78.5 Å². The van der Waals surface area contributed by atoms with Crippen LogP contribution in [0.1, 0.15) is 18.2 Å². The first kappa shape index (κ1) is 9.58. The van der Waals surface area contributed by atoms with E-state index in [0.717, 1.165) is 12.1 Å². The lowest BCUT2D eigenvalue weighted by Crippen LogP contribution is -2.05. The predicted molar refractivity (Wildman–Crippen MR) is 53.8 cm³/mol. The smallest absolute Gasteiger partial charge is 0.0462 e. The highest BCUT2D eigenvalue weighted by Crippen LogP contribution is 2.03. The lowest BCUT2D eigenvalue weighted by atomic mass is 10.2. The summed E-state index contributed by atoms with van der Waals surface area (Å²) in [6, 6.07) is 4.04. The molecule has 0 unspecified atom stereocenters. The molecule has 3 nitrogen and oxygen atoms in total. The first-order valence-corrected chi connectivity index (χ1v) is 4.36. The lowest BCUT2D eigenvalue weighted by molar-refractivity contribution is 0.997. The zero-order valence-corrected chi connectivity index (χ0v) is 7.83. The number of hydrogen-bond acceptors (Lipinski definition) is 3. The van der Waals surface area contributed by atoms with Gasteiger partial charge in [0.05, 0.1) is 0 Å². The molecule has 0 saturated carbocycles. The van der Waals surface area contributed by atoms with E-state index in [1.54, 1.807) is 0 Å². The van der Waals surface area contributed by atoms with E-state index in [1.165, 1.54) is 11.8 Å². The number of hydrogen-bond donors (Lipinski definition) is 2. The van der Waals surface area contributed by atoms with Gasteiger partial charge in [-0.15, -0.1) is 0 Å². The fourth-order valence-corrected chi connectivity index (χ4v) is 1.04. The van der Waals surface area contributed by atoms with Crippen molar-refractivity contribution < 1.29 is 0 Å². The third-order valence-electron chi connectivity index (χ3n) is 1.89. The zero-order chi connectivity index (χ0) is 9.68. The van der Waals surface area contributed by atoms with Crippen LogP contribution in [0.15, 0.2) is 30.2 Å². The summed E-state index contributed by atoms with van der Waals surface area (Å²) in [5, 5.41) is 0. The van der Waals surface area contributed by atoms with Gasteiger partial charge < -0.3 is 11.5 Å². The molecular formula is C10H15N3. The first-order chi connectivity index (χ1) is 6.26. The normalized spacial score (nSPS) is 11.6. The van der Waals surface area contributed by atoms with Crippen LogP contribution in [0.5, 0.6) is 0 Å². The Balaban J connectivity index is 2.69. The van der Waals surface area contributed by atoms with Crippen molar-refractivity contribution in [3.8, 4) is 0 Å². The van der Waals surface area contributed by atoms with Crippen LogP contribution in [-0.4, -0.2) is 4.98 Å². The van der Waals surface area contributed by atoms with E-state index in [2.05, 4.69) is 18.0 Å². The fraction of sp³-hybridized carbons (Fsp3) is 0.300. The summed E-state index contributed by atoms with van der Waals surface area (Å²) in [5.41, 5.74) is 13.7. The molecule has 70 valence electrons. The maximum atomic E-state index is 5.57. The van der Waals surface area contributed by atoms with E-state index in [-0.39, 0.29) is 0 Å². The number of pyridine rings is 1. The summed E-state index contributed by atoms with van der Waals surface area (Å²) in [7, 11) is 0. The van der Waals surface area contributed by atoms with Crippen molar-refractivity contribution in [2.45, 2.75) is 19.8 Å². The van der Waals surface area contributed by atoms with Crippen molar-refractivity contribution in [3.63, 3.8) is 0 Å². The molecule has 0 spiro atoms. The van der Waals surface area contributed by atoms with Gasteiger partial charge in [-0.3, -0.25) is 4.98 Å². The van der Waals surface area contributed by atoms with Crippen LogP contribution in [0.25, 0.3) is 0 Å². The molecule has 1 heterocycles. The van der Waals surface area contributed by atoms with Crippen molar-refractivity contribution in [2.75, 3.05) is 0 Å². The quantitative estimate of drug-likeness (QED) is 0.722. The maximum absolute atomic E-state index is 5.57. The lowest BCUT2D eigenvalue weighted by Gasteiger charge is -2.01. The van der Waals surface area contributed by atoms with Crippen molar-refractivity contribution in [2.24, 2.45) is 11.5 Å². The minimum Gasteiger partial charge on any atom is -0.403 e. The van der Waals surface area contributed by atoms with Crippen LogP contribution in [0.2, 0.25) is 0 Å². The molecule has 1 aromatic heterocycles. The van der Waals surface area contributed by atoms with Crippen LogP contribution in [0.3, 0.4) is 0 Å².